The normalized spacial score (nSPS) is 16.8. The molecule has 0 saturated carbocycles. The molecule has 1 N–H and O–H groups in total. The van der Waals surface area contributed by atoms with E-state index in [1.54, 1.807) is 6.07 Å². The van der Waals surface area contributed by atoms with Crippen LogP contribution in [0.2, 0.25) is 0 Å². The molecule has 1 saturated heterocycles. The molecule has 1 fully saturated rings. The first-order valence-electron chi connectivity index (χ1n) is 8.08. The number of nitrogens with zero attached hydrogens (tertiary/aromatic N) is 2. The van der Waals surface area contributed by atoms with Crippen LogP contribution < -0.4 is 5.32 Å². The van der Waals surface area contributed by atoms with E-state index in [1.807, 2.05) is 25.3 Å². The quantitative estimate of drug-likeness (QED) is 0.910. The number of nitrogens with one attached hydrogen (secondary N) is 1. The smallest absolute Gasteiger partial charge is 0.159 e. The molecule has 1 aromatic heterocycles. The summed E-state index contributed by atoms with van der Waals surface area (Å²) in [6.45, 7) is 6.17. The number of halogens is 2. The van der Waals surface area contributed by atoms with E-state index in [0.29, 0.717) is 11.4 Å². The van der Waals surface area contributed by atoms with E-state index in [-0.39, 0.29) is 6.04 Å². The number of aromatic nitrogens is 1. The third kappa shape index (κ3) is 4.27. The molecule has 1 atom stereocenters. The molecule has 1 unspecified atom stereocenters. The van der Waals surface area contributed by atoms with E-state index in [9.17, 15) is 8.78 Å². The molecule has 4 nitrogen and oxygen atoms in total. The van der Waals surface area contributed by atoms with Gasteiger partial charge in [0.15, 0.2) is 11.6 Å². The first-order valence-corrected chi connectivity index (χ1v) is 8.08. The van der Waals surface area contributed by atoms with Gasteiger partial charge in [-0.25, -0.2) is 13.8 Å². The Morgan fingerprint density at radius 1 is 1.17 bits per heavy atom. The summed E-state index contributed by atoms with van der Waals surface area (Å²) in [6.07, 6.45) is 1.84. The Morgan fingerprint density at radius 2 is 1.96 bits per heavy atom. The molecule has 0 amide bonds. The van der Waals surface area contributed by atoms with Crippen molar-refractivity contribution in [2.45, 2.75) is 19.5 Å². The summed E-state index contributed by atoms with van der Waals surface area (Å²) in [6, 6.07) is 7.69. The second kappa shape index (κ2) is 7.68. The lowest BCUT2D eigenvalue weighted by Gasteiger charge is -2.26. The van der Waals surface area contributed by atoms with Crippen LogP contribution >= 0.6 is 0 Å². The van der Waals surface area contributed by atoms with Gasteiger partial charge in [0.05, 0.1) is 19.3 Å². The zero-order valence-electron chi connectivity index (χ0n) is 13.6. The molecular formula is C18H21F2N3O. The summed E-state index contributed by atoms with van der Waals surface area (Å²) < 4.78 is 31.7. The zero-order valence-corrected chi connectivity index (χ0v) is 13.6. The van der Waals surface area contributed by atoms with E-state index in [2.05, 4.69) is 15.2 Å². The minimum Gasteiger partial charge on any atom is -0.379 e. The van der Waals surface area contributed by atoms with Crippen molar-refractivity contribution in [3.05, 3.63) is 59.3 Å². The van der Waals surface area contributed by atoms with Gasteiger partial charge >= 0.3 is 0 Å². The van der Waals surface area contributed by atoms with Crippen molar-refractivity contribution < 1.29 is 13.5 Å². The number of pyridine rings is 1. The highest BCUT2D eigenvalue weighted by molar-refractivity contribution is 5.39. The maximum Gasteiger partial charge on any atom is 0.159 e. The van der Waals surface area contributed by atoms with Crippen molar-refractivity contribution in [3.63, 3.8) is 0 Å². The van der Waals surface area contributed by atoms with Crippen molar-refractivity contribution in [1.82, 2.24) is 9.88 Å². The summed E-state index contributed by atoms with van der Waals surface area (Å²) in [7, 11) is 0. The Kier molecular flexibility index (Phi) is 5.37. The van der Waals surface area contributed by atoms with Crippen molar-refractivity contribution in [2.24, 2.45) is 0 Å². The molecule has 2 aromatic rings. The highest BCUT2D eigenvalue weighted by Crippen LogP contribution is 2.20. The first-order chi connectivity index (χ1) is 11.6. The van der Waals surface area contributed by atoms with Crippen LogP contribution in [0.25, 0.3) is 0 Å². The summed E-state index contributed by atoms with van der Waals surface area (Å²) in [5.41, 5.74) is 1.82. The molecule has 0 radical (unpaired) electrons. The fourth-order valence-corrected chi connectivity index (χ4v) is 2.71. The minimum absolute atomic E-state index is 0.169. The highest BCUT2D eigenvalue weighted by atomic mass is 19.2. The second-order valence-electron chi connectivity index (χ2n) is 5.98. The molecule has 128 valence electrons. The summed E-state index contributed by atoms with van der Waals surface area (Å²) in [5.74, 6) is -0.968. The third-order valence-electron chi connectivity index (χ3n) is 4.14. The predicted octanol–water partition coefficient (Wildman–Crippen LogP) is 3.37. The Labute approximate surface area is 140 Å². The Balaban J connectivity index is 1.59. The van der Waals surface area contributed by atoms with Crippen LogP contribution in [-0.2, 0) is 11.3 Å². The van der Waals surface area contributed by atoms with Gasteiger partial charge in [-0.05, 0) is 36.2 Å². The second-order valence-corrected chi connectivity index (χ2v) is 5.98. The number of benzene rings is 1. The van der Waals surface area contributed by atoms with Gasteiger partial charge in [0.1, 0.15) is 5.82 Å². The van der Waals surface area contributed by atoms with E-state index < -0.39 is 11.6 Å². The molecule has 24 heavy (non-hydrogen) atoms. The molecule has 1 aromatic carbocycles. The average Bonchev–Trinajstić information content (AvgIpc) is 2.60. The lowest BCUT2D eigenvalue weighted by Crippen LogP contribution is -2.35. The topological polar surface area (TPSA) is 37.4 Å². The van der Waals surface area contributed by atoms with E-state index >= 15 is 0 Å². The molecule has 0 bridgehead atoms. The Bertz CT molecular complexity index is 672. The minimum atomic E-state index is -0.838. The number of rotatable bonds is 5. The number of morpholine rings is 1. The fraction of sp³-hybridized carbons (Fsp3) is 0.389. The number of anilines is 1. The predicted molar refractivity (Wildman–Crippen MR) is 88.7 cm³/mol. The molecule has 1 aliphatic heterocycles. The lowest BCUT2D eigenvalue weighted by atomic mass is 10.1. The van der Waals surface area contributed by atoms with Crippen LogP contribution in [0.15, 0.2) is 36.5 Å². The van der Waals surface area contributed by atoms with Gasteiger partial charge < -0.3 is 10.1 Å². The van der Waals surface area contributed by atoms with Gasteiger partial charge in [-0.2, -0.15) is 0 Å². The Morgan fingerprint density at radius 3 is 2.62 bits per heavy atom. The standard InChI is InChI=1S/C18H21F2N3O/c1-13(15-3-4-16(19)17(20)10-15)22-18-5-2-14(11-21-18)12-23-6-8-24-9-7-23/h2-5,10-11,13H,6-9,12H2,1H3,(H,21,22). The number of ether oxygens (including phenoxy) is 1. The van der Waals surface area contributed by atoms with Gasteiger partial charge in [0.2, 0.25) is 0 Å². The number of hydrogen-bond acceptors (Lipinski definition) is 4. The van der Waals surface area contributed by atoms with E-state index in [4.69, 9.17) is 4.74 Å². The van der Waals surface area contributed by atoms with Crippen LogP contribution in [0.3, 0.4) is 0 Å². The fourth-order valence-electron chi connectivity index (χ4n) is 2.71. The summed E-state index contributed by atoms with van der Waals surface area (Å²) >= 11 is 0. The van der Waals surface area contributed by atoms with Crippen LogP contribution in [0.1, 0.15) is 24.1 Å². The van der Waals surface area contributed by atoms with Crippen LogP contribution in [-0.4, -0.2) is 36.2 Å². The summed E-state index contributed by atoms with van der Waals surface area (Å²) in [5, 5.41) is 3.20. The van der Waals surface area contributed by atoms with E-state index in [0.717, 1.165) is 44.5 Å². The van der Waals surface area contributed by atoms with Crippen molar-refractivity contribution in [1.29, 1.82) is 0 Å². The van der Waals surface area contributed by atoms with Crippen molar-refractivity contribution in [2.75, 3.05) is 31.6 Å². The zero-order chi connectivity index (χ0) is 16.9. The van der Waals surface area contributed by atoms with Crippen LogP contribution in [0, 0.1) is 11.6 Å². The highest BCUT2D eigenvalue weighted by Gasteiger charge is 2.12. The van der Waals surface area contributed by atoms with E-state index in [1.165, 1.54) is 6.07 Å². The van der Waals surface area contributed by atoms with Gasteiger partial charge in [-0.1, -0.05) is 12.1 Å². The monoisotopic (exact) mass is 333 g/mol. The maximum atomic E-state index is 13.3. The average molecular weight is 333 g/mol. The lowest BCUT2D eigenvalue weighted by molar-refractivity contribution is 0.0341. The Hall–Kier alpha value is -2.05. The molecule has 6 heteroatoms. The van der Waals surface area contributed by atoms with Crippen LogP contribution in [0.4, 0.5) is 14.6 Å². The molecule has 1 aliphatic rings. The van der Waals surface area contributed by atoms with Gasteiger partial charge in [-0.3, -0.25) is 4.90 Å². The van der Waals surface area contributed by atoms with Gasteiger partial charge in [0, 0.05) is 25.8 Å². The largest absolute Gasteiger partial charge is 0.379 e. The molecule has 0 aliphatic carbocycles. The molecule has 3 rings (SSSR count). The van der Waals surface area contributed by atoms with Gasteiger partial charge in [0.25, 0.3) is 0 Å². The molecule has 2 heterocycles. The van der Waals surface area contributed by atoms with Crippen molar-refractivity contribution in [3.8, 4) is 0 Å². The number of hydrogen-bond donors (Lipinski definition) is 1. The SMILES string of the molecule is CC(Nc1ccc(CN2CCOCC2)cn1)c1ccc(F)c(F)c1. The molecular weight excluding hydrogens is 312 g/mol. The molecule has 0 spiro atoms. The third-order valence-corrected chi connectivity index (χ3v) is 4.14. The van der Waals surface area contributed by atoms with Crippen molar-refractivity contribution >= 4 is 5.82 Å². The van der Waals surface area contributed by atoms with Gasteiger partial charge in [-0.15, -0.1) is 0 Å². The van der Waals surface area contributed by atoms with Crippen LogP contribution in [0.5, 0.6) is 0 Å². The first kappa shape index (κ1) is 16.8. The summed E-state index contributed by atoms with van der Waals surface area (Å²) in [4.78, 5) is 6.74. The maximum absolute atomic E-state index is 13.3.